The first-order valence-corrected chi connectivity index (χ1v) is 16.9. The third kappa shape index (κ3) is 5.66. The van der Waals surface area contributed by atoms with Gasteiger partial charge in [-0.25, -0.2) is 9.69 Å². The van der Waals surface area contributed by atoms with Gasteiger partial charge < -0.3 is 14.4 Å². The van der Waals surface area contributed by atoms with Gasteiger partial charge in [0.2, 0.25) is 0 Å². The summed E-state index contributed by atoms with van der Waals surface area (Å²) in [5, 5.41) is 2.42. The fourth-order valence-electron chi connectivity index (χ4n) is 7.16. The Morgan fingerprint density at radius 3 is 2.02 bits per heavy atom. The number of urea groups is 1. The molecule has 4 amide bonds. The second-order valence-corrected chi connectivity index (χ2v) is 13.1. The van der Waals surface area contributed by atoms with Crippen molar-refractivity contribution < 1.29 is 23.9 Å². The number of halogens is 1. The smallest absolute Gasteiger partial charge is 0.335 e. The van der Waals surface area contributed by atoms with Gasteiger partial charge in [-0.05, 0) is 101 Å². The molecule has 0 spiro atoms. The maximum absolute atomic E-state index is 14.2. The summed E-state index contributed by atoms with van der Waals surface area (Å²) in [5.41, 5.74) is 6.63. The molecule has 47 heavy (non-hydrogen) atoms. The molecule has 3 aliphatic heterocycles. The van der Waals surface area contributed by atoms with Gasteiger partial charge in [0.05, 0.1) is 23.0 Å². The monoisotopic (exact) mass is 739 g/mol. The van der Waals surface area contributed by atoms with Crippen LogP contribution >= 0.6 is 22.6 Å². The van der Waals surface area contributed by atoms with Crippen LogP contribution < -0.4 is 24.6 Å². The molecular weight excluding hydrogens is 705 g/mol. The maximum atomic E-state index is 14.2. The van der Waals surface area contributed by atoms with E-state index < -0.39 is 17.8 Å². The van der Waals surface area contributed by atoms with Crippen molar-refractivity contribution in [3.05, 3.63) is 122 Å². The number of barbiturate groups is 1. The minimum atomic E-state index is -0.764. The van der Waals surface area contributed by atoms with E-state index in [1.54, 1.807) is 13.2 Å². The lowest BCUT2D eigenvalue weighted by Gasteiger charge is -2.44. The molecule has 2 atom stereocenters. The molecule has 4 aromatic carbocycles. The van der Waals surface area contributed by atoms with Gasteiger partial charge in [0, 0.05) is 30.6 Å². The second-order valence-electron chi connectivity index (χ2n) is 11.9. The molecule has 7 rings (SSSR count). The minimum absolute atomic E-state index is 0.0913. The Balaban J connectivity index is 1.37. The Morgan fingerprint density at radius 2 is 1.47 bits per heavy atom. The van der Waals surface area contributed by atoms with E-state index in [2.05, 4.69) is 57.1 Å². The number of rotatable bonds is 7. The fourth-order valence-corrected chi connectivity index (χ4v) is 8.01. The number of nitrogens with zero attached hydrogens (tertiary/aromatic N) is 2. The number of anilines is 2. The van der Waals surface area contributed by atoms with E-state index in [-0.39, 0.29) is 17.4 Å². The highest BCUT2D eigenvalue weighted by Crippen LogP contribution is 2.50. The number of nitrogens with one attached hydrogen (secondary N) is 1. The Kier molecular flexibility index (Phi) is 8.48. The SMILES string of the molecule is CCOc1cc(/C=C2\C(=O)NC(=O)N(c3cc4c5c(c3)[C@H](c3ccccc3)CCN5CC[C@@H]4c3ccccc3)C2=O)cc(I)c1OC. The first-order chi connectivity index (χ1) is 22.9. The highest BCUT2D eigenvalue weighted by Gasteiger charge is 2.40. The number of benzene rings is 4. The van der Waals surface area contributed by atoms with Gasteiger partial charge in [0.15, 0.2) is 11.5 Å². The van der Waals surface area contributed by atoms with Crippen LogP contribution in [0.4, 0.5) is 16.2 Å². The highest BCUT2D eigenvalue weighted by molar-refractivity contribution is 14.1. The predicted octanol–water partition coefficient (Wildman–Crippen LogP) is 7.24. The first kappa shape index (κ1) is 31.0. The van der Waals surface area contributed by atoms with Crippen molar-refractivity contribution in [1.82, 2.24) is 5.32 Å². The summed E-state index contributed by atoms with van der Waals surface area (Å²) in [6.07, 6.45) is 3.33. The molecule has 0 aliphatic carbocycles. The summed E-state index contributed by atoms with van der Waals surface area (Å²) in [6, 6.07) is 27.5. The van der Waals surface area contributed by atoms with Crippen molar-refractivity contribution >= 4 is 57.9 Å². The number of hydrogen-bond donors (Lipinski definition) is 1. The molecule has 8 nitrogen and oxygen atoms in total. The van der Waals surface area contributed by atoms with Crippen molar-refractivity contribution in [2.75, 3.05) is 36.6 Å². The van der Waals surface area contributed by atoms with Gasteiger partial charge in [-0.15, -0.1) is 0 Å². The van der Waals surface area contributed by atoms with Crippen molar-refractivity contribution in [2.24, 2.45) is 0 Å². The van der Waals surface area contributed by atoms with Crippen LogP contribution in [0.15, 0.2) is 90.5 Å². The third-order valence-corrected chi connectivity index (χ3v) is 10.0. The summed E-state index contributed by atoms with van der Waals surface area (Å²) >= 11 is 2.13. The summed E-state index contributed by atoms with van der Waals surface area (Å²) in [4.78, 5) is 44.5. The fraction of sp³-hybridized carbons (Fsp3) is 0.237. The summed E-state index contributed by atoms with van der Waals surface area (Å²) in [6.45, 7) is 4.14. The van der Waals surface area contributed by atoms with Crippen molar-refractivity contribution in [2.45, 2.75) is 31.6 Å². The molecular formula is C38H34IN3O5. The Morgan fingerprint density at radius 1 is 0.872 bits per heavy atom. The van der Waals surface area contributed by atoms with E-state index >= 15 is 0 Å². The zero-order valence-corrected chi connectivity index (χ0v) is 28.3. The second kappa shape index (κ2) is 12.9. The van der Waals surface area contributed by atoms with Crippen LogP contribution in [-0.4, -0.2) is 44.7 Å². The molecule has 4 aromatic rings. The van der Waals surface area contributed by atoms with E-state index in [0.717, 1.165) is 45.5 Å². The Bertz CT molecular complexity index is 1840. The summed E-state index contributed by atoms with van der Waals surface area (Å²) < 4.78 is 12.0. The first-order valence-electron chi connectivity index (χ1n) is 15.8. The van der Waals surface area contributed by atoms with E-state index in [1.807, 2.05) is 61.5 Å². The lowest BCUT2D eigenvalue weighted by Crippen LogP contribution is -2.54. The van der Waals surface area contributed by atoms with Gasteiger partial charge in [-0.1, -0.05) is 60.7 Å². The van der Waals surface area contributed by atoms with Gasteiger partial charge in [0.1, 0.15) is 5.57 Å². The molecule has 1 fully saturated rings. The van der Waals surface area contributed by atoms with E-state index in [1.165, 1.54) is 22.9 Å². The molecule has 0 radical (unpaired) electrons. The van der Waals surface area contributed by atoms with Crippen molar-refractivity contribution in [3.63, 3.8) is 0 Å². The van der Waals surface area contributed by atoms with E-state index in [4.69, 9.17) is 9.47 Å². The molecule has 0 unspecified atom stereocenters. The molecule has 1 N–H and O–H groups in total. The topological polar surface area (TPSA) is 88.2 Å². The molecule has 0 bridgehead atoms. The molecule has 3 aliphatic rings. The third-order valence-electron chi connectivity index (χ3n) is 9.21. The molecule has 238 valence electrons. The lowest BCUT2D eigenvalue weighted by molar-refractivity contribution is -0.122. The predicted molar refractivity (Wildman–Crippen MR) is 190 cm³/mol. The van der Waals surface area contributed by atoms with Gasteiger partial charge >= 0.3 is 6.03 Å². The average molecular weight is 740 g/mol. The van der Waals surface area contributed by atoms with Crippen LogP contribution in [-0.2, 0) is 9.59 Å². The normalized spacial score (nSPS) is 19.8. The van der Waals surface area contributed by atoms with E-state index in [0.29, 0.717) is 29.4 Å². The summed E-state index contributed by atoms with van der Waals surface area (Å²) in [5.74, 6) is -0.158. The Hall–Kier alpha value is -4.64. The lowest BCUT2D eigenvalue weighted by atomic mass is 9.76. The zero-order chi connectivity index (χ0) is 32.7. The maximum Gasteiger partial charge on any atom is 0.335 e. The van der Waals surface area contributed by atoms with Crippen LogP contribution in [0.1, 0.15) is 59.4 Å². The number of carbonyl (C=O) groups excluding carboxylic acids is 3. The van der Waals surface area contributed by atoms with E-state index in [9.17, 15) is 14.4 Å². The average Bonchev–Trinajstić information content (AvgIpc) is 3.08. The molecule has 1 saturated heterocycles. The van der Waals surface area contributed by atoms with Crippen LogP contribution in [0.5, 0.6) is 11.5 Å². The summed E-state index contributed by atoms with van der Waals surface area (Å²) in [7, 11) is 1.57. The number of hydrogen-bond acceptors (Lipinski definition) is 6. The molecule has 3 heterocycles. The van der Waals surface area contributed by atoms with Crippen LogP contribution in [0, 0.1) is 3.57 Å². The quantitative estimate of drug-likeness (QED) is 0.122. The van der Waals surface area contributed by atoms with Crippen LogP contribution in [0.3, 0.4) is 0 Å². The number of ether oxygens (including phenoxy) is 2. The number of imide groups is 2. The van der Waals surface area contributed by atoms with Gasteiger partial charge in [-0.3, -0.25) is 14.9 Å². The molecule has 9 heteroatoms. The minimum Gasteiger partial charge on any atom is -0.492 e. The number of amides is 4. The Labute approximate surface area is 287 Å². The molecule has 0 saturated carbocycles. The van der Waals surface area contributed by atoms with Crippen molar-refractivity contribution in [1.29, 1.82) is 0 Å². The number of carbonyl (C=O) groups is 3. The van der Waals surface area contributed by atoms with Crippen molar-refractivity contribution in [3.8, 4) is 11.5 Å². The van der Waals surface area contributed by atoms with Gasteiger partial charge in [0.25, 0.3) is 11.8 Å². The zero-order valence-electron chi connectivity index (χ0n) is 26.2. The largest absolute Gasteiger partial charge is 0.492 e. The standard InChI is InChI=1S/C38H34IN3O5/c1-3-47-33-20-23(19-32(39)35(33)46-2)18-31-36(43)40-38(45)42(37(31)44)26-21-29-27(24-10-6-4-7-11-24)14-16-41-17-15-28(30(22-26)34(29)41)25-12-8-5-9-13-25/h4-13,18-22,27-28H,3,14-17H2,1-2H3,(H,40,43,45)/b31-18+/t27-,28+. The highest BCUT2D eigenvalue weighted by atomic mass is 127. The van der Waals surface area contributed by atoms with Crippen LogP contribution in [0.2, 0.25) is 0 Å². The van der Waals surface area contributed by atoms with Gasteiger partial charge in [-0.2, -0.15) is 0 Å². The number of methoxy groups -OCH3 is 1. The van der Waals surface area contributed by atoms with Crippen LogP contribution in [0.25, 0.3) is 6.08 Å². The molecule has 0 aromatic heterocycles.